The van der Waals surface area contributed by atoms with E-state index in [-0.39, 0.29) is 16.7 Å². The summed E-state index contributed by atoms with van der Waals surface area (Å²) in [7, 11) is 2.21. The maximum absolute atomic E-state index is 11.8. The number of carbonyl (C=O) groups is 1. The van der Waals surface area contributed by atoms with Gasteiger partial charge < -0.3 is 20.9 Å². The van der Waals surface area contributed by atoms with Gasteiger partial charge in [-0.3, -0.25) is 9.69 Å². The molecular weight excluding hydrogens is 426 g/mol. The van der Waals surface area contributed by atoms with Gasteiger partial charge in [-0.15, -0.1) is 0 Å². The number of nitrogens with zero attached hydrogens (tertiary/aromatic N) is 5. The van der Waals surface area contributed by atoms with Gasteiger partial charge in [0.2, 0.25) is 0 Å². The van der Waals surface area contributed by atoms with Crippen molar-refractivity contribution in [3.05, 3.63) is 40.8 Å². The van der Waals surface area contributed by atoms with Crippen LogP contribution in [0.25, 0.3) is 0 Å². The van der Waals surface area contributed by atoms with Gasteiger partial charge in [0.15, 0.2) is 16.7 Å². The molecular formula is C23H32ClN7O. The fraction of sp³-hybridized carbons (Fsp3) is 0.522. The van der Waals surface area contributed by atoms with Crippen LogP contribution < -0.4 is 16.0 Å². The Morgan fingerprint density at radius 3 is 2.34 bits per heavy atom. The van der Waals surface area contributed by atoms with E-state index in [2.05, 4.69) is 49.2 Å². The van der Waals surface area contributed by atoms with Crippen LogP contribution in [0.5, 0.6) is 0 Å². The Labute approximate surface area is 194 Å². The normalized spacial score (nSPS) is 18.7. The highest BCUT2D eigenvalue weighted by atomic mass is 35.5. The first-order valence-corrected chi connectivity index (χ1v) is 11.7. The minimum absolute atomic E-state index is 0.0976. The molecule has 2 aliphatic heterocycles. The second-order valence-electron chi connectivity index (χ2n) is 8.61. The number of hydrogen-bond donors (Lipinski definition) is 2. The SMILES string of the molecule is CCc1nc(C(N)=O)c(Nc2ccc(N3CCN(C4CCN(C)CC4)CC3)cc2)nc1Cl. The molecule has 0 atom stereocenters. The van der Waals surface area contributed by atoms with Crippen molar-refractivity contribution in [1.82, 2.24) is 19.8 Å². The molecule has 0 unspecified atom stereocenters. The van der Waals surface area contributed by atoms with Gasteiger partial charge in [-0.25, -0.2) is 9.97 Å². The molecule has 172 valence electrons. The summed E-state index contributed by atoms with van der Waals surface area (Å²) in [5.74, 6) is -0.357. The number of rotatable bonds is 6. The zero-order valence-electron chi connectivity index (χ0n) is 18.9. The number of anilines is 3. The zero-order chi connectivity index (χ0) is 22.7. The van der Waals surface area contributed by atoms with E-state index in [4.69, 9.17) is 17.3 Å². The molecule has 2 saturated heterocycles. The first-order valence-electron chi connectivity index (χ1n) is 11.4. The van der Waals surface area contributed by atoms with Crippen molar-refractivity contribution in [2.24, 2.45) is 5.73 Å². The van der Waals surface area contributed by atoms with E-state index >= 15 is 0 Å². The molecule has 2 fully saturated rings. The van der Waals surface area contributed by atoms with Crippen molar-refractivity contribution in [2.45, 2.75) is 32.2 Å². The van der Waals surface area contributed by atoms with E-state index < -0.39 is 5.91 Å². The summed E-state index contributed by atoms with van der Waals surface area (Å²) in [6.45, 7) is 8.58. The monoisotopic (exact) mass is 457 g/mol. The second-order valence-corrected chi connectivity index (χ2v) is 8.96. The highest BCUT2D eigenvalue weighted by molar-refractivity contribution is 6.30. The summed E-state index contributed by atoms with van der Waals surface area (Å²) in [6, 6.07) is 8.87. The molecule has 0 spiro atoms. The summed E-state index contributed by atoms with van der Waals surface area (Å²) < 4.78 is 0. The number of carbonyl (C=O) groups excluding carboxylic acids is 1. The van der Waals surface area contributed by atoms with Crippen molar-refractivity contribution < 1.29 is 4.79 Å². The highest BCUT2D eigenvalue weighted by Gasteiger charge is 2.26. The summed E-state index contributed by atoms with van der Waals surface area (Å²) in [5.41, 5.74) is 8.15. The Bertz CT molecular complexity index is 936. The van der Waals surface area contributed by atoms with E-state index in [1.807, 2.05) is 19.1 Å². The van der Waals surface area contributed by atoms with Gasteiger partial charge >= 0.3 is 0 Å². The minimum Gasteiger partial charge on any atom is -0.369 e. The summed E-state index contributed by atoms with van der Waals surface area (Å²) in [6.07, 6.45) is 3.12. The van der Waals surface area contributed by atoms with Crippen molar-refractivity contribution in [2.75, 3.05) is 56.5 Å². The second kappa shape index (κ2) is 10.0. The molecule has 2 aromatic rings. The first kappa shape index (κ1) is 22.8. The molecule has 0 aliphatic carbocycles. The zero-order valence-corrected chi connectivity index (χ0v) is 19.6. The van der Waals surface area contributed by atoms with E-state index in [1.165, 1.54) is 31.6 Å². The Morgan fingerprint density at radius 2 is 1.75 bits per heavy atom. The quantitative estimate of drug-likeness (QED) is 0.689. The third kappa shape index (κ3) is 5.14. The van der Waals surface area contributed by atoms with Gasteiger partial charge in [0.25, 0.3) is 5.91 Å². The van der Waals surface area contributed by atoms with Crippen LogP contribution in [0.2, 0.25) is 5.15 Å². The van der Waals surface area contributed by atoms with Crippen LogP contribution in [0.15, 0.2) is 24.3 Å². The van der Waals surface area contributed by atoms with Crippen molar-refractivity contribution >= 4 is 34.7 Å². The highest BCUT2D eigenvalue weighted by Crippen LogP contribution is 2.26. The van der Waals surface area contributed by atoms with Crippen molar-refractivity contribution in [1.29, 1.82) is 0 Å². The average molecular weight is 458 g/mol. The third-order valence-electron chi connectivity index (χ3n) is 6.50. The van der Waals surface area contributed by atoms with Gasteiger partial charge in [-0.1, -0.05) is 18.5 Å². The average Bonchev–Trinajstić information content (AvgIpc) is 2.80. The van der Waals surface area contributed by atoms with Crippen LogP contribution in [-0.2, 0) is 6.42 Å². The lowest BCUT2D eigenvalue weighted by Gasteiger charge is -2.42. The largest absolute Gasteiger partial charge is 0.369 e. The number of piperidine rings is 1. The fourth-order valence-electron chi connectivity index (χ4n) is 4.53. The predicted molar refractivity (Wildman–Crippen MR) is 129 cm³/mol. The minimum atomic E-state index is -0.634. The summed E-state index contributed by atoms with van der Waals surface area (Å²) in [5, 5.41) is 3.42. The van der Waals surface area contributed by atoms with E-state index in [1.54, 1.807) is 0 Å². The number of benzene rings is 1. The van der Waals surface area contributed by atoms with E-state index in [9.17, 15) is 4.79 Å². The van der Waals surface area contributed by atoms with Crippen LogP contribution in [0.4, 0.5) is 17.2 Å². The van der Waals surface area contributed by atoms with Gasteiger partial charge in [0.1, 0.15) is 0 Å². The number of likely N-dealkylation sites (tertiary alicyclic amines) is 1. The molecule has 1 aromatic carbocycles. The standard InChI is InChI=1S/C23H32ClN7O/c1-3-19-21(24)28-23(20(27-19)22(25)32)26-16-4-6-17(7-5-16)30-12-14-31(15-13-30)18-8-10-29(2)11-9-18/h4-7,18H,3,8-15H2,1-2H3,(H2,25,32)(H,26,28). The van der Waals surface area contributed by atoms with Crippen LogP contribution in [0, 0.1) is 0 Å². The van der Waals surface area contributed by atoms with E-state index in [0.717, 1.165) is 37.9 Å². The van der Waals surface area contributed by atoms with Gasteiger partial charge in [0.05, 0.1) is 5.69 Å². The molecule has 1 aromatic heterocycles. The molecule has 8 nitrogen and oxygen atoms in total. The van der Waals surface area contributed by atoms with Gasteiger partial charge in [0, 0.05) is 43.6 Å². The molecule has 3 N–H and O–H groups in total. The lowest BCUT2D eigenvalue weighted by molar-refractivity contribution is 0.0996. The van der Waals surface area contributed by atoms with E-state index in [0.29, 0.717) is 12.1 Å². The number of piperazine rings is 1. The molecule has 3 heterocycles. The molecule has 32 heavy (non-hydrogen) atoms. The maximum atomic E-state index is 11.8. The predicted octanol–water partition coefficient (Wildman–Crippen LogP) is 2.75. The molecule has 0 bridgehead atoms. The summed E-state index contributed by atoms with van der Waals surface area (Å²) >= 11 is 6.20. The van der Waals surface area contributed by atoms with Crippen LogP contribution in [-0.4, -0.2) is 78.0 Å². The number of amides is 1. The number of nitrogens with two attached hydrogens (primary N) is 1. The van der Waals surface area contributed by atoms with Crippen LogP contribution in [0.1, 0.15) is 35.9 Å². The van der Waals surface area contributed by atoms with Crippen molar-refractivity contribution in [3.8, 4) is 0 Å². The maximum Gasteiger partial charge on any atom is 0.271 e. The molecule has 2 aliphatic rings. The third-order valence-corrected chi connectivity index (χ3v) is 6.80. The Kier molecular flexibility index (Phi) is 7.13. The number of primary amides is 1. The number of halogens is 1. The molecule has 0 radical (unpaired) electrons. The van der Waals surface area contributed by atoms with Gasteiger partial charge in [-0.2, -0.15) is 0 Å². The van der Waals surface area contributed by atoms with Crippen molar-refractivity contribution in [3.63, 3.8) is 0 Å². The topological polar surface area (TPSA) is 90.6 Å². The Balaban J connectivity index is 1.38. The molecule has 9 heteroatoms. The fourth-order valence-corrected chi connectivity index (χ4v) is 4.79. The number of nitrogens with one attached hydrogen (secondary N) is 1. The van der Waals surface area contributed by atoms with Crippen LogP contribution >= 0.6 is 11.6 Å². The molecule has 1 amide bonds. The molecule has 4 rings (SSSR count). The molecule has 0 saturated carbocycles. The summed E-state index contributed by atoms with van der Waals surface area (Å²) in [4.78, 5) is 27.9. The lowest BCUT2D eigenvalue weighted by Crippen LogP contribution is -2.52. The van der Waals surface area contributed by atoms with Crippen LogP contribution in [0.3, 0.4) is 0 Å². The smallest absolute Gasteiger partial charge is 0.271 e. The Hall–Kier alpha value is -2.42. The Morgan fingerprint density at radius 1 is 1.09 bits per heavy atom. The number of aryl methyl sites for hydroxylation is 1. The van der Waals surface area contributed by atoms with Gasteiger partial charge in [-0.05, 0) is 63.7 Å². The number of aromatic nitrogens is 2. The number of hydrogen-bond acceptors (Lipinski definition) is 7. The first-order chi connectivity index (χ1) is 15.4. The lowest BCUT2D eigenvalue weighted by atomic mass is 10.0.